The van der Waals surface area contributed by atoms with Crippen LogP contribution in [0.15, 0.2) is 18.2 Å². The number of hydrogen-bond donors (Lipinski definition) is 2. The van der Waals surface area contributed by atoms with Gasteiger partial charge in [-0.1, -0.05) is 13.0 Å². The third-order valence-electron chi connectivity index (χ3n) is 4.56. The SMILES string of the molecule is CCCn1nc(C)c2c1NC(=O)C[C@@H]2c1ccc(OCC(N)=O)c(OC)c1. The van der Waals surface area contributed by atoms with Gasteiger partial charge in [-0.3, -0.25) is 9.59 Å². The first-order valence-electron chi connectivity index (χ1n) is 8.90. The van der Waals surface area contributed by atoms with Crippen LogP contribution in [0.5, 0.6) is 11.5 Å². The molecule has 1 aromatic carbocycles. The topological polar surface area (TPSA) is 108 Å². The van der Waals surface area contributed by atoms with Gasteiger partial charge in [0.25, 0.3) is 5.91 Å². The predicted octanol–water partition coefficient (Wildman–Crippen LogP) is 1.95. The van der Waals surface area contributed by atoms with Gasteiger partial charge < -0.3 is 20.5 Å². The minimum absolute atomic E-state index is 0.0437. The molecule has 0 saturated heterocycles. The van der Waals surface area contributed by atoms with Gasteiger partial charge in [0.2, 0.25) is 5.91 Å². The predicted molar refractivity (Wildman–Crippen MR) is 100 cm³/mol. The van der Waals surface area contributed by atoms with Crippen LogP contribution < -0.4 is 20.5 Å². The number of hydrogen-bond acceptors (Lipinski definition) is 5. The lowest BCUT2D eigenvalue weighted by atomic mass is 9.85. The van der Waals surface area contributed by atoms with E-state index in [0.717, 1.165) is 35.6 Å². The summed E-state index contributed by atoms with van der Waals surface area (Å²) in [7, 11) is 1.53. The van der Waals surface area contributed by atoms with Crippen LogP contribution in [0.2, 0.25) is 0 Å². The number of nitrogens with two attached hydrogens (primary N) is 1. The molecule has 2 heterocycles. The van der Waals surface area contributed by atoms with Gasteiger partial charge in [0.15, 0.2) is 18.1 Å². The summed E-state index contributed by atoms with van der Waals surface area (Å²) in [5.74, 6) is 0.951. The quantitative estimate of drug-likeness (QED) is 0.772. The van der Waals surface area contributed by atoms with E-state index in [-0.39, 0.29) is 18.4 Å². The van der Waals surface area contributed by atoms with E-state index in [1.807, 2.05) is 23.7 Å². The number of aromatic nitrogens is 2. The molecule has 0 unspecified atom stereocenters. The molecule has 3 rings (SSSR count). The van der Waals surface area contributed by atoms with E-state index in [4.69, 9.17) is 15.2 Å². The summed E-state index contributed by atoms with van der Waals surface area (Å²) in [4.78, 5) is 23.3. The fourth-order valence-electron chi connectivity index (χ4n) is 3.44. The number of primary amides is 1. The Balaban J connectivity index is 1.99. The maximum absolute atomic E-state index is 12.3. The Bertz CT molecular complexity index is 875. The van der Waals surface area contributed by atoms with Crippen LogP contribution in [0.25, 0.3) is 0 Å². The number of ether oxygens (including phenoxy) is 2. The fourth-order valence-corrected chi connectivity index (χ4v) is 3.44. The summed E-state index contributed by atoms with van der Waals surface area (Å²) >= 11 is 0. The highest BCUT2D eigenvalue weighted by Gasteiger charge is 2.32. The molecule has 144 valence electrons. The average molecular weight is 372 g/mol. The van der Waals surface area contributed by atoms with Crippen molar-refractivity contribution < 1.29 is 19.1 Å². The Labute approximate surface area is 157 Å². The van der Waals surface area contributed by atoms with Gasteiger partial charge in [0.1, 0.15) is 5.82 Å². The van der Waals surface area contributed by atoms with Gasteiger partial charge in [-0.25, -0.2) is 4.68 Å². The monoisotopic (exact) mass is 372 g/mol. The summed E-state index contributed by atoms with van der Waals surface area (Å²) in [5, 5.41) is 7.56. The zero-order valence-electron chi connectivity index (χ0n) is 15.7. The number of anilines is 1. The lowest BCUT2D eigenvalue weighted by Gasteiger charge is -2.25. The minimum Gasteiger partial charge on any atom is -0.493 e. The molecule has 0 saturated carbocycles. The summed E-state index contributed by atoms with van der Waals surface area (Å²) in [6.07, 6.45) is 1.25. The largest absolute Gasteiger partial charge is 0.493 e. The highest BCUT2D eigenvalue weighted by molar-refractivity contribution is 5.94. The van der Waals surface area contributed by atoms with Crippen LogP contribution in [0.1, 0.15) is 42.5 Å². The Kier molecular flexibility index (Phi) is 5.34. The van der Waals surface area contributed by atoms with Crippen LogP contribution in [0.4, 0.5) is 5.82 Å². The number of amides is 2. The van der Waals surface area contributed by atoms with Crippen LogP contribution in [0.3, 0.4) is 0 Å². The number of nitrogens with zero attached hydrogens (tertiary/aromatic N) is 2. The van der Waals surface area contributed by atoms with Crippen LogP contribution in [-0.4, -0.2) is 35.3 Å². The number of aryl methyl sites for hydroxylation is 2. The Morgan fingerprint density at radius 3 is 2.85 bits per heavy atom. The number of carbonyl (C=O) groups excluding carboxylic acids is 2. The first-order valence-corrected chi connectivity index (χ1v) is 8.90. The van der Waals surface area contributed by atoms with E-state index in [1.165, 1.54) is 7.11 Å². The van der Waals surface area contributed by atoms with Gasteiger partial charge in [0, 0.05) is 24.4 Å². The molecule has 8 heteroatoms. The maximum atomic E-state index is 12.3. The Morgan fingerprint density at radius 1 is 1.41 bits per heavy atom. The van der Waals surface area contributed by atoms with E-state index < -0.39 is 5.91 Å². The molecule has 2 aromatic rings. The van der Waals surface area contributed by atoms with E-state index in [1.54, 1.807) is 6.07 Å². The number of rotatable bonds is 7. The molecular formula is C19H24N4O4. The number of carbonyl (C=O) groups is 2. The van der Waals surface area contributed by atoms with Gasteiger partial charge in [-0.15, -0.1) is 0 Å². The number of methoxy groups -OCH3 is 1. The number of nitrogens with one attached hydrogen (secondary N) is 1. The Morgan fingerprint density at radius 2 is 2.19 bits per heavy atom. The second-order valence-electron chi connectivity index (χ2n) is 6.54. The van der Waals surface area contributed by atoms with Crippen molar-refractivity contribution >= 4 is 17.6 Å². The molecule has 0 fully saturated rings. The first-order chi connectivity index (χ1) is 12.9. The summed E-state index contributed by atoms with van der Waals surface area (Å²) in [5.41, 5.74) is 7.98. The lowest BCUT2D eigenvalue weighted by molar-refractivity contribution is -0.120. The highest BCUT2D eigenvalue weighted by Crippen LogP contribution is 2.41. The molecule has 0 aliphatic carbocycles. The van der Waals surface area contributed by atoms with Gasteiger partial charge in [0.05, 0.1) is 12.8 Å². The van der Waals surface area contributed by atoms with Crippen molar-refractivity contribution in [2.75, 3.05) is 19.0 Å². The zero-order valence-corrected chi connectivity index (χ0v) is 15.7. The Hall–Kier alpha value is -3.03. The highest BCUT2D eigenvalue weighted by atomic mass is 16.5. The van der Waals surface area contributed by atoms with Crippen LogP contribution in [0, 0.1) is 6.92 Å². The van der Waals surface area contributed by atoms with Crippen molar-refractivity contribution in [1.82, 2.24) is 9.78 Å². The molecule has 27 heavy (non-hydrogen) atoms. The number of benzene rings is 1. The second kappa shape index (κ2) is 7.69. The van der Waals surface area contributed by atoms with Crippen LogP contribution in [-0.2, 0) is 16.1 Å². The second-order valence-corrected chi connectivity index (χ2v) is 6.54. The molecule has 1 aliphatic rings. The summed E-state index contributed by atoms with van der Waals surface area (Å²) < 4.78 is 12.6. The average Bonchev–Trinajstić information content (AvgIpc) is 2.95. The maximum Gasteiger partial charge on any atom is 0.255 e. The molecular weight excluding hydrogens is 348 g/mol. The molecule has 0 spiro atoms. The summed E-state index contributed by atoms with van der Waals surface area (Å²) in [6, 6.07) is 5.44. The van der Waals surface area contributed by atoms with Gasteiger partial charge in [-0.05, 0) is 31.0 Å². The van der Waals surface area contributed by atoms with Crippen molar-refractivity contribution in [3.63, 3.8) is 0 Å². The molecule has 3 N–H and O–H groups in total. The third kappa shape index (κ3) is 3.74. The van der Waals surface area contributed by atoms with E-state index in [2.05, 4.69) is 17.3 Å². The molecule has 1 aromatic heterocycles. The smallest absolute Gasteiger partial charge is 0.255 e. The van der Waals surface area contributed by atoms with Crippen molar-refractivity contribution in [2.24, 2.45) is 5.73 Å². The lowest BCUT2D eigenvalue weighted by Crippen LogP contribution is -2.25. The van der Waals surface area contributed by atoms with E-state index in [0.29, 0.717) is 17.9 Å². The summed E-state index contributed by atoms with van der Waals surface area (Å²) in [6.45, 7) is 4.54. The fraction of sp³-hybridized carbons (Fsp3) is 0.421. The normalized spacial score (nSPS) is 15.8. The van der Waals surface area contributed by atoms with Crippen molar-refractivity contribution in [2.45, 2.75) is 39.2 Å². The van der Waals surface area contributed by atoms with Crippen molar-refractivity contribution in [1.29, 1.82) is 0 Å². The van der Waals surface area contributed by atoms with Crippen LogP contribution >= 0.6 is 0 Å². The third-order valence-corrected chi connectivity index (χ3v) is 4.56. The number of fused-ring (bicyclic) bond motifs is 1. The van der Waals surface area contributed by atoms with Gasteiger partial charge >= 0.3 is 0 Å². The molecule has 0 radical (unpaired) electrons. The van der Waals surface area contributed by atoms with Crippen molar-refractivity contribution in [3.05, 3.63) is 35.0 Å². The standard InChI is InChI=1S/C19H24N4O4/c1-4-7-23-19-18(11(2)22-23)13(9-17(25)21-19)12-5-6-14(15(8-12)26-3)27-10-16(20)24/h5-6,8,13H,4,7,9-10H2,1-3H3,(H2,20,24)(H,21,25)/t13-/m1/s1. The molecule has 1 atom stereocenters. The molecule has 8 nitrogen and oxygen atoms in total. The zero-order chi connectivity index (χ0) is 19.6. The van der Waals surface area contributed by atoms with E-state index in [9.17, 15) is 9.59 Å². The first kappa shape index (κ1) is 18.8. The van der Waals surface area contributed by atoms with Gasteiger partial charge in [-0.2, -0.15) is 5.10 Å². The van der Waals surface area contributed by atoms with E-state index >= 15 is 0 Å². The molecule has 2 amide bonds. The molecule has 1 aliphatic heterocycles. The minimum atomic E-state index is -0.561. The van der Waals surface area contributed by atoms with Crippen molar-refractivity contribution in [3.8, 4) is 11.5 Å². The molecule has 0 bridgehead atoms.